The fourth-order valence-corrected chi connectivity index (χ4v) is 5.73. The van der Waals surface area contributed by atoms with Gasteiger partial charge in [0.1, 0.15) is 11.4 Å². The third-order valence-corrected chi connectivity index (χ3v) is 8.53. The summed E-state index contributed by atoms with van der Waals surface area (Å²) >= 11 is 0. The molecule has 6 aromatic rings. The zero-order chi connectivity index (χ0) is 34.5. The van der Waals surface area contributed by atoms with Crippen LogP contribution in [0.15, 0.2) is 109 Å². The molecule has 2 aromatic heterocycles. The minimum absolute atomic E-state index is 1.24. The average molecular weight is 651 g/mol. The summed E-state index contributed by atoms with van der Waals surface area (Å²) in [7, 11) is 3.29. The summed E-state index contributed by atoms with van der Waals surface area (Å²) in [5, 5.41) is 0. The summed E-state index contributed by atoms with van der Waals surface area (Å²) in [5.41, 5.74) is 15.3. The largest absolute Gasteiger partial charge is 0.759 e. The predicted molar refractivity (Wildman–Crippen MR) is 184 cm³/mol. The molecule has 0 atom stereocenters. The van der Waals surface area contributed by atoms with E-state index in [2.05, 4.69) is 184 Å². The molecule has 4 aromatic carbocycles. The topological polar surface area (TPSA) is 97.9 Å². The first-order valence-electron chi connectivity index (χ1n) is 15.2. The van der Waals surface area contributed by atoms with Crippen molar-refractivity contribution in [3.05, 3.63) is 131 Å². The SMILES string of the molecule is Cc1ccccc1-c1cc(-c2ccccc2C)[n+](C)n1C.Cc1ccccc1-c1cc(-c2ccccc2C)[n+](C)n1C.O=S(=O)([O-])[O-]. The Hall–Kier alpha value is -4.83. The highest BCUT2D eigenvalue weighted by atomic mass is 32.3. The summed E-state index contributed by atoms with van der Waals surface area (Å²) in [4.78, 5) is 0. The van der Waals surface area contributed by atoms with Crippen molar-refractivity contribution in [3.63, 3.8) is 0 Å². The van der Waals surface area contributed by atoms with Gasteiger partial charge in [-0.1, -0.05) is 84.9 Å². The van der Waals surface area contributed by atoms with Crippen LogP contribution in [0.4, 0.5) is 0 Å². The molecular formula is C38H42N4O4S. The van der Waals surface area contributed by atoms with E-state index in [4.69, 9.17) is 17.5 Å². The number of benzene rings is 4. The van der Waals surface area contributed by atoms with Crippen LogP contribution in [0.1, 0.15) is 22.3 Å². The van der Waals surface area contributed by atoms with Crippen LogP contribution in [0.2, 0.25) is 0 Å². The normalized spacial score (nSPS) is 10.9. The second-order valence-electron chi connectivity index (χ2n) is 11.6. The lowest BCUT2D eigenvalue weighted by Gasteiger charge is -2.06. The summed E-state index contributed by atoms with van der Waals surface area (Å²) in [5.74, 6) is 0. The van der Waals surface area contributed by atoms with Gasteiger partial charge in [0.2, 0.25) is 11.4 Å². The smallest absolute Gasteiger partial charge is 0.239 e. The lowest BCUT2D eigenvalue weighted by Crippen LogP contribution is -2.39. The number of rotatable bonds is 4. The molecule has 0 bridgehead atoms. The number of aryl methyl sites for hydroxylation is 4. The van der Waals surface area contributed by atoms with Gasteiger partial charge in [-0.15, -0.1) is 9.36 Å². The molecule has 6 rings (SSSR count). The average Bonchev–Trinajstić information content (AvgIpc) is 3.47. The molecule has 0 N–H and O–H groups in total. The van der Waals surface area contributed by atoms with Gasteiger partial charge in [0.05, 0.1) is 25.2 Å². The number of hydrogen-bond donors (Lipinski definition) is 0. The molecule has 8 nitrogen and oxygen atoms in total. The highest BCUT2D eigenvalue weighted by molar-refractivity contribution is 7.79. The molecular weight excluding hydrogens is 609 g/mol. The van der Waals surface area contributed by atoms with Crippen LogP contribution in [0.25, 0.3) is 45.0 Å². The number of nitrogens with zero attached hydrogens (tertiary/aromatic N) is 4. The van der Waals surface area contributed by atoms with Crippen LogP contribution in [0.3, 0.4) is 0 Å². The first-order chi connectivity index (χ1) is 22.2. The first-order valence-corrected chi connectivity index (χ1v) is 16.5. The van der Waals surface area contributed by atoms with E-state index < -0.39 is 10.4 Å². The molecule has 0 aliphatic carbocycles. The molecule has 244 valence electrons. The van der Waals surface area contributed by atoms with E-state index in [-0.39, 0.29) is 0 Å². The van der Waals surface area contributed by atoms with Gasteiger partial charge < -0.3 is 9.11 Å². The van der Waals surface area contributed by atoms with E-state index in [9.17, 15) is 0 Å². The molecule has 0 aliphatic rings. The van der Waals surface area contributed by atoms with Gasteiger partial charge in [-0.05, 0) is 62.1 Å². The van der Waals surface area contributed by atoms with Gasteiger partial charge in [0, 0.05) is 33.7 Å². The Balaban J connectivity index is 0.000000186. The fraction of sp³-hybridized carbons (Fsp3) is 0.211. The molecule has 0 radical (unpaired) electrons. The maximum atomic E-state index is 8.52. The van der Waals surface area contributed by atoms with Crippen LogP contribution in [-0.4, -0.2) is 26.9 Å². The van der Waals surface area contributed by atoms with Gasteiger partial charge in [0.25, 0.3) is 0 Å². The van der Waals surface area contributed by atoms with Crippen molar-refractivity contribution in [2.24, 2.45) is 28.2 Å². The van der Waals surface area contributed by atoms with Crippen molar-refractivity contribution < 1.29 is 26.9 Å². The monoisotopic (exact) mass is 650 g/mol. The van der Waals surface area contributed by atoms with Crippen molar-refractivity contribution in [1.29, 1.82) is 0 Å². The molecule has 0 spiro atoms. The van der Waals surface area contributed by atoms with Crippen LogP contribution >= 0.6 is 0 Å². The number of aromatic nitrogens is 4. The van der Waals surface area contributed by atoms with E-state index in [0.29, 0.717) is 0 Å². The van der Waals surface area contributed by atoms with E-state index in [1.54, 1.807) is 0 Å². The summed E-state index contributed by atoms with van der Waals surface area (Å²) < 4.78 is 42.9. The molecule has 2 heterocycles. The molecule has 9 heteroatoms. The van der Waals surface area contributed by atoms with Crippen molar-refractivity contribution in [1.82, 2.24) is 9.36 Å². The van der Waals surface area contributed by atoms with Gasteiger partial charge in [-0.25, -0.2) is 0 Å². The Morgan fingerprint density at radius 1 is 0.489 bits per heavy atom. The molecule has 0 unspecified atom stereocenters. The quantitative estimate of drug-likeness (QED) is 0.128. The van der Waals surface area contributed by atoms with Gasteiger partial charge in [0.15, 0.2) is 14.1 Å². The second kappa shape index (κ2) is 14.7. The Labute approximate surface area is 278 Å². The Kier molecular flexibility index (Phi) is 11.0. The summed E-state index contributed by atoms with van der Waals surface area (Å²) in [6.07, 6.45) is 0. The van der Waals surface area contributed by atoms with Gasteiger partial charge in [-0.3, -0.25) is 8.42 Å². The summed E-state index contributed by atoms with van der Waals surface area (Å²) in [6, 6.07) is 38.7. The van der Waals surface area contributed by atoms with E-state index in [0.717, 1.165) is 0 Å². The second-order valence-corrected chi connectivity index (χ2v) is 12.4. The van der Waals surface area contributed by atoms with Crippen molar-refractivity contribution in [2.45, 2.75) is 27.7 Å². The highest BCUT2D eigenvalue weighted by Gasteiger charge is 2.23. The highest BCUT2D eigenvalue weighted by Crippen LogP contribution is 2.29. The molecule has 0 saturated carbocycles. The van der Waals surface area contributed by atoms with Crippen molar-refractivity contribution >= 4 is 10.4 Å². The predicted octanol–water partition coefficient (Wildman–Crippen LogP) is 6.26. The fourth-order valence-electron chi connectivity index (χ4n) is 5.73. The van der Waals surface area contributed by atoms with Crippen molar-refractivity contribution in [2.75, 3.05) is 0 Å². The molecule has 0 amide bonds. The third kappa shape index (κ3) is 8.31. The summed E-state index contributed by atoms with van der Waals surface area (Å²) in [6.45, 7) is 8.65. The molecule has 0 aliphatic heterocycles. The minimum atomic E-state index is -5.17. The van der Waals surface area contributed by atoms with Gasteiger partial charge >= 0.3 is 0 Å². The molecule has 0 fully saturated rings. The number of hydrogen-bond acceptors (Lipinski definition) is 4. The third-order valence-electron chi connectivity index (χ3n) is 8.53. The van der Waals surface area contributed by atoms with E-state index >= 15 is 0 Å². The molecule has 47 heavy (non-hydrogen) atoms. The Bertz CT molecular complexity index is 1850. The Morgan fingerprint density at radius 3 is 0.979 bits per heavy atom. The van der Waals surface area contributed by atoms with E-state index in [1.807, 2.05) is 0 Å². The lowest BCUT2D eigenvalue weighted by molar-refractivity contribution is -0.740. The maximum absolute atomic E-state index is 8.52. The lowest BCUT2D eigenvalue weighted by atomic mass is 10.0. The van der Waals surface area contributed by atoms with E-state index in [1.165, 1.54) is 67.3 Å². The standard InChI is InChI=1S/2C19H21N2.H2O4S/c2*1-14-9-5-7-11-16(14)18-13-19(21(4)20(18)3)17-12-8-6-10-15(17)2;1-5(2,3)4/h2*5-13H,1-4H3;(H2,1,2,3,4)/q2*+1;/p-2. The zero-order valence-corrected chi connectivity index (χ0v) is 29.0. The first kappa shape index (κ1) is 35.0. The van der Waals surface area contributed by atoms with Crippen LogP contribution in [-0.2, 0) is 38.6 Å². The minimum Gasteiger partial charge on any atom is -0.759 e. The van der Waals surface area contributed by atoms with Crippen LogP contribution in [0, 0.1) is 27.7 Å². The molecule has 0 saturated heterocycles. The zero-order valence-electron chi connectivity index (χ0n) is 28.2. The maximum Gasteiger partial charge on any atom is 0.239 e. The van der Waals surface area contributed by atoms with Gasteiger partial charge in [-0.2, -0.15) is 9.36 Å². The Morgan fingerprint density at radius 2 is 0.723 bits per heavy atom. The van der Waals surface area contributed by atoms with Crippen molar-refractivity contribution in [3.8, 4) is 45.0 Å². The van der Waals surface area contributed by atoms with Crippen LogP contribution in [0.5, 0.6) is 0 Å². The van der Waals surface area contributed by atoms with Crippen LogP contribution < -0.4 is 9.36 Å².